The number of aromatic amines is 1. The Bertz CT molecular complexity index is 426. The fraction of sp³-hybridized carbons (Fsp3) is 0.500. The van der Waals surface area contributed by atoms with Gasteiger partial charge in [0.2, 0.25) is 16.0 Å². The molecule has 1 rings (SSSR count). The molecule has 15 heavy (non-hydrogen) atoms. The second kappa shape index (κ2) is 4.26. The molecule has 8 nitrogen and oxygen atoms in total. The zero-order valence-electron chi connectivity index (χ0n) is 7.91. The normalized spacial score (nSPS) is 11.3. The first-order valence-corrected chi connectivity index (χ1v) is 5.81. The van der Waals surface area contributed by atoms with Crippen LogP contribution in [0.3, 0.4) is 0 Å². The average molecular weight is 234 g/mol. The minimum Gasteiger partial charge on any atom is -0.481 e. The summed E-state index contributed by atoms with van der Waals surface area (Å²) in [5.74, 6) is -1.07. The number of carboxylic acids is 1. The first-order valence-electron chi connectivity index (χ1n) is 3.96. The highest BCUT2D eigenvalue weighted by Gasteiger charge is 2.20. The smallest absolute Gasteiger partial charge is 0.305 e. The summed E-state index contributed by atoms with van der Waals surface area (Å²) < 4.78 is 23.4. The van der Waals surface area contributed by atoms with Crippen LogP contribution in [0.2, 0.25) is 0 Å². The van der Waals surface area contributed by atoms with E-state index in [0.717, 1.165) is 16.9 Å². The SMILES string of the molecule is CS(=O)(=O)N(CCC(=O)O)c1ncn[nH]1. The topological polar surface area (TPSA) is 116 Å². The quantitative estimate of drug-likeness (QED) is 0.678. The highest BCUT2D eigenvalue weighted by Crippen LogP contribution is 2.09. The van der Waals surface area contributed by atoms with Crippen LogP contribution < -0.4 is 4.31 Å². The summed E-state index contributed by atoms with van der Waals surface area (Å²) in [5, 5.41) is 14.3. The predicted octanol–water partition coefficient (Wildman–Crippen LogP) is -0.955. The third kappa shape index (κ3) is 3.20. The van der Waals surface area contributed by atoms with E-state index >= 15 is 0 Å². The van der Waals surface area contributed by atoms with Crippen LogP contribution in [0.1, 0.15) is 6.42 Å². The molecule has 1 aromatic heterocycles. The Morgan fingerprint density at radius 2 is 2.33 bits per heavy atom. The Morgan fingerprint density at radius 3 is 2.73 bits per heavy atom. The molecule has 0 radical (unpaired) electrons. The van der Waals surface area contributed by atoms with E-state index in [-0.39, 0.29) is 18.9 Å². The van der Waals surface area contributed by atoms with Gasteiger partial charge in [-0.05, 0) is 0 Å². The van der Waals surface area contributed by atoms with E-state index in [2.05, 4.69) is 15.2 Å². The maximum absolute atomic E-state index is 11.3. The Balaban J connectivity index is 2.85. The van der Waals surface area contributed by atoms with Gasteiger partial charge in [0, 0.05) is 6.54 Å². The Morgan fingerprint density at radius 1 is 1.67 bits per heavy atom. The van der Waals surface area contributed by atoms with Gasteiger partial charge in [-0.15, -0.1) is 0 Å². The number of carbonyl (C=O) groups is 1. The molecule has 0 atom stereocenters. The van der Waals surface area contributed by atoms with Crippen LogP contribution in [0.4, 0.5) is 5.95 Å². The van der Waals surface area contributed by atoms with E-state index in [1.807, 2.05) is 0 Å². The molecule has 0 unspecified atom stereocenters. The lowest BCUT2D eigenvalue weighted by Gasteiger charge is -2.17. The second-order valence-electron chi connectivity index (χ2n) is 2.79. The van der Waals surface area contributed by atoms with Crippen molar-refractivity contribution in [1.82, 2.24) is 15.2 Å². The molecule has 0 spiro atoms. The fourth-order valence-corrected chi connectivity index (χ4v) is 1.77. The van der Waals surface area contributed by atoms with Gasteiger partial charge in [-0.25, -0.2) is 17.8 Å². The van der Waals surface area contributed by atoms with Crippen LogP contribution in [0, 0.1) is 0 Å². The van der Waals surface area contributed by atoms with E-state index < -0.39 is 16.0 Å². The summed E-state index contributed by atoms with van der Waals surface area (Å²) in [5.41, 5.74) is 0. The van der Waals surface area contributed by atoms with E-state index in [1.54, 1.807) is 0 Å². The molecule has 0 aliphatic carbocycles. The molecule has 0 amide bonds. The maximum Gasteiger partial charge on any atom is 0.305 e. The zero-order valence-corrected chi connectivity index (χ0v) is 8.73. The van der Waals surface area contributed by atoms with Gasteiger partial charge in [-0.1, -0.05) is 0 Å². The summed E-state index contributed by atoms with van der Waals surface area (Å²) in [6.07, 6.45) is 1.82. The maximum atomic E-state index is 11.3. The molecule has 0 saturated carbocycles. The number of sulfonamides is 1. The molecular weight excluding hydrogens is 224 g/mol. The van der Waals surface area contributed by atoms with E-state index in [0.29, 0.717) is 0 Å². The van der Waals surface area contributed by atoms with Crippen molar-refractivity contribution in [2.45, 2.75) is 6.42 Å². The van der Waals surface area contributed by atoms with Crippen LogP contribution >= 0.6 is 0 Å². The molecule has 9 heteroatoms. The van der Waals surface area contributed by atoms with Crippen molar-refractivity contribution in [1.29, 1.82) is 0 Å². The number of aliphatic carboxylic acids is 1. The molecule has 0 aliphatic rings. The predicted molar refractivity (Wildman–Crippen MR) is 50.8 cm³/mol. The largest absolute Gasteiger partial charge is 0.481 e. The van der Waals surface area contributed by atoms with Gasteiger partial charge >= 0.3 is 5.97 Å². The fourth-order valence-electron chi connectivity index (χ4n) is 0.945. The van der Waals surface area contributed by atoms with Gasteiger partial charge in [0.1, 0.15) is 6.33 Å². The van der Waals surface area contributed by atoms with Crippen molar-refractivity contribution < 1.29 is 18.3 Å². The number of hydrogen-bond acceptors (Lipinski definition) is 5. The average Bonchev–Trinajstić information content (AvgIpc) is 2.54. The number of hydrogen-bond donors (Lipinski definition) is 2. The zero-order chi connectivity index (χ0) is 11.5. The molecule has 0 bridgehead atoms. The third-order valence-corrected chi connectivity index (χ3v) is 2.72. The van der Waals surface area contributed by atoms with Gasteiger partial charge in [-0.2, -0.15) is 10.1 Å². The van der Waals surface area contributed by atoms with Crippen molar-refractivity contribution in [3.63, 3.8) is 0 Å². The summed E-state index contributed by atoms with van der Waals surface area (Å²) >= 11 is 0. The van der Waals surface area contributed by atoms with Gasteiger partial charge < -0.3 is 5.11 Å². The van der Waals surface area contributed by atoms with Crippen LogP contribution in [0.25, 0.3) is 0 Å². The van der Waals surface area contributed by atoms with Gasteiger partial charge in [0.25, 0.3) is 0 Å². The number of aromatic nitrogens is 3. The number of H-pyrrole nitrogens is 1. The molecule has 1 aromatic rings. The lowest BCUT2D eigenvalue weighted by atomic mass is 10.4. The van der Waals surface area contributed by atoms with Crippen LogP contribution in [0.15, 0.2) is 6.33 Å². The lowest BCUT2D eigenvalue weighted by Crippen LogP contribution is -2.32. The van der Waals surface area contributed by atoms with Crippen LogP contribution in [-0.2, 0) is 14.8 Å². The van der Waals surface area contributed by atoms with Crippen molar-refractivity contribution in [3.05, 3.63) is 6.33 Å². The monoisotopic (exact) mass is 234 g/mol. The number of nitrogens with zero attached hydrogens (tertiary/aromatic N) is 3. The number of anilines is 1. The third-order valence-electron chi connectivity index (χ3n) is 1.57. The number of nitrogens with one attached hydrogen (secondary N) is 1. The van der Waals surface area contributed by atoms with Crippen LogP contribution in [0.5, 0.6) is 0 Å². The Hall–Kier alpha value is -1.64. The second-order valence-corrected chi connectivity index (χ2v) is 4.69. The van der Waals surface area contributed by atoms with Gasteiger partial charge in [0.15, 0.2) is 0 Å². The number of rotatable bonds is 5. The highest BCUT2D eigenvalue weighted by atomic mass is 32.2. The molecule has 0 aromatic carbocycles. The van der Waals surface area contributed by atoms with Crippen LogP contribution in [-0.4, -0.2) is 47.5 Å². The number of carboxylic acid groups (broad SMARTS) is 1. The van der Waals surface area contributed by atoms with Crippen molar-refractivity contribution in [2.24, 2.45) is 0 Å². The molecule has 0 saturated heterocycles. The van der Waals surface area contributed by atoms with Gasteiger partial charge in [-0.3, -0.25) is 4.79 Å². The Kier molecular flexibility index (Phi) is 3.24. The van der Waals surface area contributed by atoms with E-state index in [9.17, 15) is 13.2 Å². The van der Waals surface area contributed by atoms with E-state index in [1.165, 1.54) is 0 Å². The Labute approximate surface area is 86.0 Å². The molecule has 0 fully saturated rings. The molecule has 1 heterocycles. The first kappa shape index (κ1) is 11.4. The molecule has 84 valence electrons. The van der Waals surface area contributed by atoms with E-state index in [4.69, 9.17) is 5.11 Å². The molecule has 2 N–H and O–H groups in total. The summed E-state index contributed by atoms with van der Waals surface area (Å²) in [6.45, 7) is -0.177. The summed E-state index contributed by atoms with van der Waals surface area (Å²) in [6, 6.07) is 0. The molecule has 0 aliphatic heterocycles. The van der Waals surface area contributed by atoms with Gasteiger partial charge in [0.05, 0.1) is 12.7 Å². The van der Waals surface area contributed by atoms with Crippen molar-refractivity contribution in [3.8, 4) is 0 Å². The minimum atomic E-state index is -3.55. The van der Waals surface area contributed by atoms with Crippen molar-refractivity contribution >= 4 is 21.9 Å². The highest BCUT2D eigenvalue weighted by molar-refractivity contribution is 7.92. The molecular formula is C6H10N4O4S. The lowest BCUT2D eigenvalue weighted by molar-refractivity contribution is -0.136. The minimum absolute atomic E-state index is 0.0127. The van der Waals surface area contributed by atoms with Crippen molar-refractivity contribution in [2.75, 3.05) is 17.1 Å². The summed E-state index contributed by atoms with van der Waals surface area (Å²) in [4.78, 5) is 14.0. The first-order chi connectivity index (χ1) is 6.91. The standard InChI is InChI=1S/C6H10N4O4S/c1-15(13,14)10(3-2-5(11)12)6-7-4-8-9-6/h4H,2-3H2,1H3,(H,11,12)(H,7,8,9). The summed E-state index contributed by atoms with van der Waals surface area (Å²) in [7, 11) is -3.55.